The van der Waals surface area contributed by atoms with Gasteiger partial charge < -0.3 is 5.32 Å². The highest BCUT2D eigenvalue weighted by Crippen LogP contribution is 2.27. The van der Waals surface area contributed by atoms with Gasteiger partial charge >= 0.3 is 0 Å². The molecule has 1 saturated heterocycles. The summed E-state index contributed by atoms with van der Waals surface area (Å²) in [6.45, 7) is 3.93. The maximum absolute atomic E-state index is 4.85. The number of thiazole rings is 1. The Morgan fingerprint density at radius 3 is 2.72 bits per heavy atom. The smallest absolute Gasteiger partial charge is 0.107 e. The summed E-state index contributed by atoms with van der Waals surface area (Å²) in [5.74, 6) is 0. The van der Waals surface area contributed by atoms with Gasteiger partial charge in [0.15, 0.2) is 0 Å². The third-order valence-electron chi connectivity index (χ3n) is 4.40. The zero-order chi connectivity index (χ0) is 16.2. The molecule has 0 spiro atoms. The van der Waals surface area contributed by atoms with Crippen LogP contribution in [0.2, 0.25) is 0 Å². The van der Waals surface area contributed by atoms with E-state index in [2.05, 4.69) is 57.0 Å². The van der Waals surface area contributed by atoms with Gasteiger partial charge in [0.25, 0.3) is 0 Å². The number of hydrogen-bond acceptors (Lipinski definition) is 5. The number of piperazine rings is 1. The normalized spacial score (nSPS) is 17.8. The van der Waals surface area contributed by atoms with Crippen molar-refractivity contribution >= 4 is 23.7 Å². The van der Waals surface area contributed by atoms with E-state index < -0.39 is 0 Å². The average Bonchev–Trinajstić information content (AvgIpc) is 3.12. The van der Waals surface area contributed by atoms with Gasteiger partial charge in [-0.1, -0.05) is 30.3 Å². The molecule has 25 heavy (non-hydrogen) atoms. The van der Waals surface area contributed by atoms with E-state index in [-0.39, 0.29) is 12.4 Å². The minimum absolute atomic E-state index is 0. The number of pyridine rings is 1. The fourth-order valence-electron chi connectivity index (χ4n) is 3.15. The van der Waals surface area contributed by atoms with Crippen molar-refractivity contribution in [1.82, 2.24) is 20.2 Å². The Hall–Kier alpha value is -1.79. The van der Waals surface area contributed by atoms with Gasteiger partial charge in [-0.2, -0.15) is 0 Å². The van der Waals surface area contributed by atoms with Gasteiger partial charge in [0.05, 0.1) is 12.2 Å². The summed E-state index contributed by atoms with van der Waals surface area (Å²) in [6.07, 6.45) is 3.75. The van der Waals surface area contributed by atoms with E-state index in [1.807, 2.05) is 18.5 Å². The van der Waals surface area contributed by atoms with Crippen LogP contribution in [0.3, 0.4) is 0 Å². The quantitative estimate of drug-likeness (QED) is 0.756. The molecule has 1 aliphatic heterocycles. The van der Waals surface area contributed by atoms with Crippen LogP contribution in [0.15, 0.2) is 60.2 Å². The van der Waals surface area contributed by atoms with Gasteiger partial charge in [-0.25, -0.2) is 4.98 Å². The molecule has 1 unspecified atom stereocenters. The Bertz CT molecular complexity index is 778. The van der Waals surface area contributed by atoms with Crippen LogP contribution in [-0.2, 0) is 6.54 Å². The topological polar surface area (TPSA) is 41.0 Å². The van der Waals surface area contributed by atoms with Crippen molar-refractivity contribution < 1.29 is 0 Å². The van der Waals surface area contributed by atoms with Gasteiger partial charge in [-0.05, 0) is 17.7 Å². The first kappa shape index (κ1) is 18.0. The standard InChI is InChI=1S/C19H20N4S.ClH/c1-2-4-15(5-3-1)17-14-24-19(22-17)13-23-11-10-21-12-18(23)16-6-8-20-9-7-16;/h1-9,14,18,21H,10-13H2;1H. The number of aromatic nitrogens is 2. The van der Waals surface area contributed by atoms with Gasteiger partial charge in [-0.3, -0.25) is 9.88 Å². The Kier molecular flexibility index (Phi) is 6.15. The van der Waals surface area contributed by atoms with Crippen molar-refractivity contribution in [3.05, 3.63) is 70.8 Å². The van der Waals surface area contributed by atoms with Crippen LogP contribution in [0.4, 0.5) is 0 Å². The lowest BCUT2D eigenvalue weighted by molar-refractivity contribution is 0.153. The molecule has 0 saturated carbocycles. The van der Waals surface area contributed by atoms with E-state index in [1.54, 1.807) is 11.3 Å². The highest BCUT2D eigenvalue weighted by Gasteiger charge is 2.24. The van der Waals surface area contributed by atoms with Crippen LogP contribution in [0.25, 0.3) is 11.3 Å². The molecule has 3 aromatic rings. The molecule has 1 aromatic carbocycles. The first-order valence-corrected chi connectivity index (χ1v) is 9.12. The summed E-state index contributed by atoms with van der Waals surface area (Å²) in [5.41, 5.74) is 3.58. The van der Waals surface area contributed by atoms with Crippen molar-refractivity contribution in [1.29, 1.82) is 0 Å². The van der Waals surface area contributed by atoms with Crippen molar-refractivity contribution in [2.45, 2.75) is 12.6 Å². The second kappa shape index (κ2) is 8.54. The maximum atomic E-state index is 4.85. The third kappa shape index (κ3) is 4.25. The predicted octanol–water partition coefficient (Wildman–Crippen LogP) is 3.77. The zero-order valence-corrected chi connectivity index (χ0v) is 15.5. The molecule has 2 aromatic heterocycles. The lowest BCUT2D eigenvalue weighted by atomic mass is 10.0. The predicted molar refractivity (Wildman–Crippen MR) is 105 cm³/mol. The fraction of sp³-hybridized carbons (Fsp3) is 0.263. The van der Waals surface area contributed by atoms with E-state index >= 15 is 0 Å². The lowest BCUT2D eigenvalue weighted by Gasteiger charge is -2.35. The second-order valence-corrected chi connectivity index (χ2v) is 6.91. The molecule has 3 heterocycles. The van der Waals surface area contributed by atoms with Crippen molar-refractivity contribution in [2.75, 3.05) is 19.6 Å². The molecule has 1 atom stereocenters. The monoisotopic (exact) mass is 372 g/mol. The molecule has 0 bridgehead atoms. The Morgan fingerprint density at radius 2 is 1.92 bits per heavy atom. The maximum Gasteiger partial charge on any atom is 0.107 e. The number of hydrogen-bond donors (Lipinski definition) is 1. The van der Waals surface area contributed by atoms with Crippen molar-refractivity contribution in [2.24, 2.45) is 0 Å². The van der Waals surface area contributed by atoms with Crippen LogP contribution >= 0.6 is 23.7 Å². The molecule has 130 valence electrons. The SMILES string of the molecule is Cl.c1ccc(-c2csc(CN3CCNCC3c3ccncc3)n2)cc1. The van der Waals surface area contributed by atoms with E-state index in [0.717, 1.165) is 31.9 Å². The zero-order valence-electron chi connectivity index (χ0n) is 13.8. The summed E-state index contributed by atoms with van der Waals surface area (Å²) < 4.78 is 0. The highest BCUT2D eigenvalue weighted by atomic mass is 35.5. The summed E-state index contributed by atoms with van der Waals surface area (Å²) >= 11 is 1.75. The van der Waals surface area contributed by atoms with Crippen LogP contribution in [-0.4, -0.2) is 34.5 Å². The number of halogens is 1. The van der Waals surface area contributed by atoms with Crippen molar-refractivity contribution in [3.8, 4) is 11.3 Å². The van der Waals surface area contributed by atoms with Crippen molar-refractivity contribution in [3.63, 3.8) is 0 Å². The molecule has 0 radical (unpaired) electrons. The minimum Gasteiger partial charge on any atom is -0.314 e. The first-order valence-electron chi connectivity index (χ1n) is 8.25. The number of rotatable bonds is 4. The van der Waals surface area contributed by atoms with Crippen LogP contribution in [0.5, 0.6) is 0 Å². The summed E-state index contributed by atoms with van der Waals surface area (Å²) in [6, 6.07) is 15.0. The molecule has 0 amide bonds. The van der Waals surface area contributed by atoms with Crippen LogP contribution < -0.4 is 5.32 Å². The molecule has 0 aliphatic carbocycles. The molecule has 1 fully saturated rings. The number of nitrogens with zero attached hydrogens (tertiary/aromatic N) is 3. The molecule has 1 aliphatic rings. The fourth-order valence-corrected chi connectivity index (χ4v) is 3.98. The molecule has 4 rings (SSSR count). The molecular formula is C19H21ClN4S. The first-order chi connectivity index (χ1) is 11.9. The molecular weight excluding hydrogens is 352 g/mol. The minimum atomic E-state index is 0. The lowest BCUT2D eigenvalue weighted by Crippen LogP contribution is -2.45. The summed E-state index contributed by atoms with van der Waals surface area (Å²) in [4.78, 5) is 11.5. The van der Waals surface area contributed by atoms with E-state index in [9.17, 15) is 0 Å². The Balaban J connectivity index is 0.00000182. The largest absolute Gasteiger partial charge is 0.314 e. The summed E-state index contributed by atoms with van der Waals surface area (Å²) in [5, 5.41) is 6.84. The van der Waals surface area contributed by atoms with Gasteiger partial charge in [0.2, 0.25) is 0 Å². The van der Waals surface area contributed by atoms with E-state index in [4.69, 9.17) is 4.98 Å². The Labute approximate surface area is 158 Å². The van der Waals surface area contributed by atoms with Crippen LogP contribution in [0.1, 0.15) is 16.6 Å². The van der Waals surface area contributed by atoms with E-state index in [0.29, 0.717) is 6.04 Å². The van der Waals surface area contributed by atoms with Crippen LogP contribution in [0, 0.1) is 0 Å². The number of nitrogens with one attached hydrogen (secondary N) is 1. The van der Waals surface area contributed by atoms with Gasteiger partial charge in [0, 0.05) is 49.0 Å². The average molecular weight is 373 g/mol. The Morgan fingerprint density at radius 1 is 1.12 bits per heavy atom. The highest BCUT2D eigenvalue weighted by molar-refractivity contribution is 7.09. The molecule has 1 N–H and O–H groups in total. The number of benzene rings is 1. The van der Waals surface area contributed by atoms with Gasteiger partial charge in [0.1, 0.15) is 5.01 Å². The van der Waals surface area contributed by atoms with E-state index in [1.165, 1.54) is 16.1 Å². The second-order valence-electron chi connectivity index (χ2n) is 5.96. The summed E-state index contributed by atoms with van der Waals surface area (Å²) in [7, 11) is 0. The third-order valence-corrected chi connectivity index (χ3v) is 5.24. The molecule has 4 nitrogen and oxygen atoms in total. The molecule has 6 heteroatoms. The van der Waals surface area contributed by atoms with Gasteiger partial charge in [-0.15, -0.1) is 23.7 Å².